The van der Waals surface area contributed by atoms with Gasteiger partial charge in [-0.1, -0.05) is 30.3 Å². The Balaban J connectivity index is 1.59. The number of amides is 1. The molecule has 4 rings (SSSR count). The summed E-state index contributed by atoms with van der Waals surface area (Å²) >= 11 is 0. The topological polar surface area (TPSA) is 62.7 Å². The van der Waals surface area contributed by atoms with Crippen LogP contribution in [0.2, 0.25) is 0 Å². The van der Waals surface area contributed by atoms with Gasteiger partial charge in [0.05, 0.1) is 0 Å². The molecule has 1 amide bonds. The predicted octanol–water partition coefficient (Wildman–Crippen LogP) is 3.51. The van der Waals surface area contributed by atoms with Gasteiger partial charge >= 0.3 is 0 Å². The lowest BCUT2D eigenvalue weighted by molar-refractivity contribution is 0.0374. The van der Waals surface area contributed by atoms with Crippen LogP contribution >= 0.6 is 0 Å². The van der Waals surface area contributed by atoms with E-state index < -0.39 is 0 Å². The third kappa shape index (κ3) is 3.42. The molecule has 128 valence electrons. The van der Waals surface area contributed by atoms with Crippen LogP contribution in [0.25, 0.3) is 11.1 Å². The molecule has 1 aliphatic carbocycles. The van der Waals surface area contributed by atoms with Gasteiger partial charge in [-0.2, -0.15) is 0 Å². The lowest BCUT2D eigenvalue weighted by Crippen LogP contribution is -2.25. The molecule has 0 spiro atoms. The Bertz CT molecular complexity index is 839. The second-order valence-corrected chi connectivity index (χ2v) is 6.69. The first-order valence-corrected chi connectivity index (χ1v) is 8.58. The molecule has 1 unspecified atom stereocenters. The number of benzene rings is 2. The fraction of sp³-hybridized carbons (Fsp3) is 0.300. The number of hydrogen-bond acceptors (Lipinski definition) is 4. The number of nitrogens with zero attached hydrogens (tertiary/aromatic N) is 1. The van der Waals surface area contributed by atoms with Crippen LogP contribution in [0.3, 0.4) is 0 Å². The van der Waals surface area contributed by atoms with Gasteiger partial charge in [0, 0.05) is 17.2 Å². The number of amidine groups is 1. The zero-order chi connectivity index (χ0) is 17.4. The van der Waals surface area contributed by atoms with Crippen molar-refractivity contribution in [1.82, 2.24) is 10.8 Å². The maximum atomic E-state index is 12.3. The summed E-state index contributed by atoms with van der Waals surface area (Å²) in [4.78, 5) is 22.1. The van der Waals surface area contributed by atoms with Gasteiger partial charge in [0.1, 0.15) is 5.84 Å². The number of carbonyl (C=O) groups is 1. The number of aryl methyl sites for hydroxylation is 1. The third-order valence-electron chi connectivity index (χ3n) is 4.55. The lowest BCUT2D eigenvalue weighted by Gasteiger charge is -2.11. The molecule has 1 saturated carbocycles. The number of hydroxylamine groups is 1. The van der Waals surface area contributed by atoms with Crippen molar-refractivity contribution in [2.45, 2.75) is 39.0 Å². The van der Waals surface area contributed by atoms with E-state index in [4.69, 9.17) is 4.84 Å². The number of nitrogens with one attached hydrogen (secondary N) is 2. The Morgan fingerprint density at radius 2 is 1.92 bits per heavy atom. The van der Waals surface area contributed by atoms with Crippen molar-refractivity contribution >= 4 is 11.7 Å². The summed E-state index contributed by atoms with van der Waals surface area (Å²) in [5.74, 6) is 0.787. The normalized spacial score (nSPS) is 19.3. The Morgan fingerprint density at radius 1 is 1.16 bits per heavy atom. The molecule has 0 radical (unpaired) electrons. The fourth-order valence-corrected chi connectivity index (χ4v) is 2.91. The van der Waals surface area contributed by atoms with Crippen LogP contribution in [0.15, 0.2) is 47.5 Å². The van der Waals surface area contributed by atoms with E-state index in [1.54, 1.807) is 0 Å². The first-order chi connectivity index (χ1) is 12.1. The molecule has 5 nitrogen and oxygen atoms in total. The van der Waals surface area contributed by atoms with Crippen molar-refractivity contribution < 1.29 is 9.63 Å². The molecule has 0 saturated heterocycles. The molecular formula is C20H21N3O2. The molecule has 1 atom stereocenters. The summed E-state index contributed by atoms with van der Waals surface area (Å²) in [6.07, 6.45) is 1.88. The van der Waals surface area contributed by atoms with E-state index in [9.17, 15) is 4.79 Å². The van der Waals surface area contributed by atoms with Crippen molar-refractivity contribution in [2.24, 2.45) is 4.99 Å². The fourth-order valence-electron chi connectivity index (χ4n) is 2.91. The molecule has 1 heterocycles. The van der Waals surface area contributed by atoms with Crippen molar-refractivity contribution in [3.05, 3.63) is 59.2 Å². The van der Waals surface area contributed by atoms with Crippen LogP contribution < -0.4 is 10.8 Å². The first kappa shape index (κ1) is 15.8. The summed E-state index contributed by atoms with van der Waals surface area (Å²) in [6.45, 7) is 3.93. The highest BCUT2D eigenvalue weighted by Gasteiger charge is 2.24. The van der Waals surface area contributed by atoms with Crippen LogP contribution in [0.5, 0.6) is 0 Å². The molecule has 2 aliphatic rings. The molecule has 2 aromatic carbocycles. The highest BCUT2D eigenvalue weighted by atomic mass is 16.7. The summed E-state index contributed by atoms with van der Waals surface area (Å²) < 4.78 is 0. The molecular weight excluding hydrogens is 314 g/mol. The van der Waals surface area contributed by atoms with E-state index in [1.165, 1.54) is 0 Å². The lowest BCUT2D eigenvalue weighted by atomic mass is 9.97. The smallest absolute Gasteiger partial charge is 0.251 e. The SMILES string of the molecule is CC1=NC(c2ccc(-c3cc(C(=O)NC4CC4)ccc3C)cc2)ON1. The van der Waals surface area contributed by atoms with Crippen molar-refractivity contribution in [2.75, 3.05) is 0 Å². The number of carbonyl (C=O) groups excluding carboxylic acids is 1. The highest BCUT2D eigenvalue weighted by molar-refractivity contribution is 5.96. The van der Waals surface area contributed by atoms with E-state index >= 15 is 0 Å². The monoisotopic (exact) mass is 335 g/mol. The summed E-state index contributed by atoms with van der Waals surface area (Å²) in [5, 5.41) is 3.04. The molecule has 2 aromatic rings. The van der Waals surface area contributed by atoms with Gasteiger partial charge in [-0.05, 0) is 55.5 Å². The highest BCUT2D eigenvalue weighted by Crippen LogP contribution is 2.28. The van der Waals surface area contributed by atoms with Gasteiger partial charge in [-0.25, -0.2) is 9.83 Å². The number of rotatable bonds is 4. The Morgan fingerprint density at radius 3 is 2.56 bits per heavy atom. The Hall–Kier alpha value is -2.66. The zero-order valence-electron chi connectivity index (χ0n) is 14.4. The second kappa shape index (κ2) is 6.33. The summed E-state index contributed by atoms with van der Waals surface area (Å²) in [5.41, 5.74) is 7.76. The average molecular weight is 335 g/mol. The zero-order valence-corrected chi connectivity index (χ0v) is 14.4. The molecule has 1 fully saturated rings. The van der Waals surface area contributed by atoms with Gasteiger partial charge in [-0.15, -0.1) is 0 Å². The standard InChI is InChI=1S/C20H21N3O2/c1-12-3-4-16(19(24)22-17-9-10-17)11-18(12)14-5-7-15(8-6-14)20-21-13(2)23-25-20/h3-8,11,17,20H,9-10H2,1-2H3,(H,21,23)(H,22,24). The summed E-state index contributed by atoms with van der Waals surface area (Å²) in [7, 11) is 0. The van der Waals surface area contributed by atoms with Crippen molar-refractivity contribution in [3.63, 3.8) is 0 Å². The minimum atomic E-state index is -0.300. The average Bonchev–Trinajstić information content (AvgIpc) is 3.33. The predicted molar refractivity (Wildman–Crippen MR) is 97.2 cm³/mol. The van der Waals surface area contributed by atoms with E-state index in [0.29, 0.717) is 11.6 Å². The molecule has 25 heavy (non-hydrogen) atoms. The van der Waals surface area contributed by atoms with Crippen LogP contribution in [0.1, 0.15) is 47.5 Å². The number of hydrogen-bond donors (Lipinski definition) is 2. The van der Waals surface area contributed by atoms with E-state index in [-0.39, 0.29) is 12.1 Å². The van der Waals surface area contributed by atoms with Gasteiger partial charge < -0.3 is 5.32 Å². The van der Waals surface area contributed by atoms with Crippen LogP contribution in [0, 0.1) is 6.92 Å². The van der Waals surface area contributed by atoms with Crippen LogP contribution in [0.4, 0.5) is 0 Å². The van der Waals surface area contributed by atoms with Gasteiger partial charge in [-0.3, -0.25) is 10.3 Å². The van der Waals surface area contributed by atoms with Gasteiger partial charge in [0.2, 0.25) is 6.23 Å². The van der Waals surface area contributed by atoms with E-state index in [1.807, 2.05) is 49.4 Å². The summed E-state index contributed by atoms with van der Waals surface area (Å²) in [6, 6.07) is 14.3. The Labute approximate surface area is 147 Å². The maximum absolute atomic E-state index is 12.3. The van der Waals surface area contributed by atoms with E-state index in [2.05, 4.69) is 22.7 Å². The molecule has 1 aliphatic heterocycles. The third-order valence-corrected chi connectivity index (χ3v) is 4.55. The second-order valence-electron chi connectivity index (χ2n) is 6.69. The van der Waals surface area contributed by atoms with Crippen molar-refractivity contribution in [1.29, 1.82) is 0 Å². The molecule has 5 heteroatoms. The molecule has 0 aromatic heterocycles. The van der Waals surface area contributed by atoms with Crippen LogP contribution in [-0.2, 0) is 4.84 Å². The van der Waals surface area contributed by atoms with Gasteiger partial charge in [0.15, 0.2) is 0 Å². The first-order valence-electron chi connectivity index (χ1n) is 8.58. The minimum Gasteiger partial charge on any atom is -0.349 e. The number of aliphatic imine (C=N–C) groups is 1. The van der Waals surface area contributed by atoms with Crippen LogP contribution in [-0.4, -0.2) is 17.8 Å². The maximum Gasteiger partial charge on any atom is 0.251 e. The Kier molecular flexibility index (Phi) is 4.01. The largest absolute Gasteiger partial charge is 0.349 e. The minimum absolute atomic E-state index is 0.00983. The van der Waals surface area contributed by atoms with E-state index in [0.717, 1.165) is 40.9 Å². The van der Waals surface area contributed by atoms with Crippen molar-refractivity contribution in [3.8, 4) is 11.1 Å². The molecule has 2 N–H and O–H groups in total. The van der Waals surface area contributed by atoms with Gasteiger partial charge in [0.25, 0.3) is 5.91 Å². The molecule has 0 bridgehead atoms. The quantitative estimate of drug-likeness (QED) is 0.899.